The van der Waals surface area contributed by atoms with Gasteiger partial charge in [0.1, 0.15) is 0 Å². The first-order valence-corrected chi connectivity index (χ1v) is 7.32. The highest BCUT2D eigenvalue weighted by atomic mass is 35.5. The predicted octanol–water partition coefficient (Wildman–Crippen LogP) is 1.76. The lowest BCUT2D eigenvalue weighted by Crippen LogP contribution is -2.38. The van der Waals surface area contributed by atoms with Gasteiger partial charge in [0.2, 0.25) is 0 Å². The number of nitrogens with one attached hydrogen (secondary N) is 2. The van der Waals surface area contributed by atoms with Crippen LogP contribution in [0.2, 0.25) is 0 Å². The monoisotopic (exact) mass is 358 g/mol. The second kappa shape index (κ2) is 11.9. The van der Waals surface area contributed by atoms with Crippen LogP contribution in [0.15, 0.2) is 0 Å². The zero-order chi connectivity index (χ0) is 15.1. The van der Waals surface area contributed by atoms with Crippen molar-refractivity contribution in [3.8, 4) is 0 Å². The van der Waals surface area contributed by atoms with Crippen molar-refractivity contribution in [2.75, 3.05) is 13.1 Å². The normalized spacial score (nSPS) is 30.6. The van der Waals surface area contributed by atoms with Crippen molar-refractivity contribution in [2.24, 2.45) is 11.8 Å². The maximum absolute atomic E-state index is 10.5. The summed E-state index contributed by atoms with van der Waals surface area (Å²) in [6.45, 7) is 5.74. The Hall–Kier alpha value is -0.560. The summed E-state index contributed by atoms with van der Waals surface area (Å²) in [6, 6.07) is 0.740. The molecule has 0 radical (unpaired) electrons. The van der Waals surface area contributed by atoms with Crippen LogP contribution in [0.5, 0.6) is 0 Å². The fourth-order valence-corrected chi connectivity index (χ4v) is 2.71. The highest BCUT2D eigenvalue weighted by Gasteiger charge is 2.24. The van der Waals surface area contributed by atoms with Gasteiger partial charge in [0.15, 0.2) is 0 Å². The first-order valence-electron chi connectivity index (χ1n) is 7.32. The molecule has 2 saturated heterocycles. The van der Waals surface area contributed by atoms with Gasteiger partial charge in [-0.25, -0.2) is 0 Å². The molecule has 0 amide bonds. The molecule has 2 aliphatic rings. The van der Waals surface area contributed by atoms with Crippen molar-refractivity contribution in [3.63, 3.8) is 0 Å². The van der Waals surface area contributed by atoms with E-state index in [2.05, 4.69) is 10.6 Å². The molecule has 0 aromatic carbocycles. The third-order valence-electron chi connectivity index (χ3n) is 3.95. The number of rotatable bonds is 2. The van der Waals surface area contributed by atoms with Gasteiger partial charge in [0.05, 0.1) is 11.8 Å². The van der Waals surface area contributed by atoms with Crippen LogP contribution < -0.4 is 10.6 Å². The Bertz CT molecular complexity index is 313. The molecule has 132 valence electrons. The summed E-state index contributed by atoms with van der Waals surface area (Å²) < 4.78 is 0. The van der Waals surface area contributed by atoms with Gasteiger partial charge in [-0.3, -0.25) is 9.59 Å². The minimum atomic E-state index is -0.645. The van der Waals surface area contributed by atoms with Crippen LogP contribution in [0, 0.1) is 11.8 Å². The van der Waals surface area contributed by atoms with E-state index < -0.39 is 11.9 Å². The van der Waals surface area contributed by atoms with E-state index >= 15 is 0 Å². The molecular weight excluding hydrogens is 331 g/mol. The number of carboxylic acid groups (broad SMARTS) is 2. The summed E-state index contributed by atoms with van der Waals surface area (Å²) in [6.07, 6.45) is 3.10. The van der Waals surface area contributed by atoms with Crippen LogP contribution in [0.1, 0.15) is 39.5 Å². The van der Waals surface area contributed by atoms with Gasteiger partial charge in [0.25, 0.3) is 0 Å². The highest BCUT2D eigenvalue weighted by molar-refractivity contribution is 5.85. The summed E-state index contributed by atoms with van der Waals surface area (Å²) >= 11 is 0. The molecule has 0 aromatic heterocycles. The van der Waals surface area contributed by atoms with E-state index in [1.54, 1.807) is 0 Å². The predicted molar refractivity (Wildman–Crippen MR) is 90.1 cm³/mol. The molecule has 0 bridgehead atoms. The molecule has 0 spiro atoms. The molecule has 0 unspecified atom stereocenters. The van der Waals surface area contributed by atoms with Crippen LogP contribution in [-0.2, 0) is 9.59 Å². The Morgan fingerprint density at radius 3 is 1.32 bits per heavy atom. The number of carboxylic acids is 2. The maximum Gasteiger partial charge on any atom is 0.306 e. The Balaban J connectivity index is 0. The molecule has 4 atom stereocenters. The highest BCUT2D eigenvalue weighted by Crippen LogP contribution is 2.16. The quantitative estimate of drug-likeness (QED) is 0.600. The van der Waals surface area contributed by atoms with E-state index in [9.17, 15) is 9.59 Å². The molecule has 2 fully saturated rings. The Labute approximate surface area is 144 Å². The third kappa shape index (κ3) is 8.78. The topological polar surface area (TPSA) is 98.7 Å². The minimum absolute atomic E-state index is 0. The number of aliphatic carboxylic acids is 2. The third-order valence-corrected chi connectivity index (χ3v) is 3.95. The summed E-state index contributed by atoms with van der Waals surface area (Å²) in [4.78, 5) is 20.9. The molecule has 0 aliphatic carbocycles. The molecule has 22 heavy (non-hydrogen) atoms. The minimum Gasteiger partial charge on any atom is -0.481 e. The molecule has 2 heterocycles. The van der Waals surface area contributed by atoms with Crippen LogP contribution >= 0.6 is 24.8 Å². The van der Waals surface area contributed by atoms with Crippen LogP contribution in [0.4, 0.5) is 0 Å². The first kappa shape index (κ1) is 23.7. The number of hydrogen-bond donors (Lipinski definition) is 4. The van der Waals surface area contributed by atoms with Crippen molar-refractivity contribution in [3.05, 3.63) is 0 Å². The van der Waals surface area contributed by atoms with E-state index in [1.807, 2.05) is 13.8 Å². The van der Waals surface area contributed by atoms with Gasteiger partial charge < -0.3 is 20.8 Å². The van der Waals surface area contributed by atoms with Crippen LogP contribution in [0.3, 0.4) is 0 Å². The molecular formula is C14H28Cl2N2O4. The molecule has 0 saturated carbocycles. The van der Waals surface area contributed by atoms with Gasteiger partial charge in [-0.1, -0.05) is 0 Å². The zero-order valence-electron chi connectivity index (χ0n) is 13.1. The SMILES string of the molecule is C[C@@H]1C[C@H](C(=O)O)CCN1.C[C@H]1C[C@@H](C(=O)O)CCN1.Cl.Cl. The lowest BCUT2D eigenvalue weighted by molar-refractivity contribution is -0.143. The van der Waals surface area contributed by atoms with E-state index in [0.717, 1.165) is 38.8 Å². The summed E-state index contributed by atoms with van der Waals surface area (Å²) in [5.74, 6) is -1.52. The van der Waals surface area contributed by atoms with E-state index in [0.29, 0.717) is 12.1 Å². The summed E-state index contributed by atoms with van der Waals surface area (Å²) in [5, 5.41) is 23.7. The zero-order valence-corrected chi connectivity index (χ0v) is 14.7. The molecule has 2 aliphatic heterocycles. The van der Waals surface area contributed by atoms with Crippen molar-refractivity contribution in [1.29, 1.82) is 0 Å². The van der Waals surface area contributed by atoms with Crippen molar-refractivity contribution < 1.29 is 19.8 Å². The fourth-order valence-electron chi connectivity index (χ4n) is 2.71. The molecule has 2 rings (SSSR count). The number of hydrogen-bond acceptors (Lipinski definition) is 4. The fraction of sp³-hybridized carbons (Fsp3) is 0.857. The maximum atomic E-state index is 10.5. The van der Waals surface area contributed by atoms with E-state index in [4.69, 9.17) is 10.2 Å². The Morgan fingerprint density at radius 1 is 0.818 bits per heavy atom. The van der Waals surface area contributed by atoms with Gasteiger partial charge in [-0.15, -0.1) is 24.8 Å². The first-order chi connectivity index (χ1) is 9.40. The second-order valence-corrected chi connectivity index (χ2v) is 5.83. The van der Waals surface area contributed by atoms with Crippen molar-refractivity contribution in [1.82, 2.24) is 10.6 Å². The number of halogens is 2. The van der Waals surface area contributed by atoms with Gasteiger partial charge in [-0.2, -0.15) is 0 Å². The van der Waals surface area contributed by atoms with Crippen LogP contribution in [0.25, 0.3) is 0 Å². The van der Waals surface area contributed by atoms with Gasteiger partial charge in [0, 0.05) is 12.1 Å². The van der Waals surface area contributed by atoms with Crippen molar-refractivity contribution in [2.45, 2.75) is 51.6 Å². The molecule has 4 N–H and O–H groups in total. The molecule has 0 aromatic rings. The number of carbonyl (C=O) groups is 2. The van der Waals surface area contributed by atoms with Crippen molar-refractivity contribution >= 4 is 36.8 Å². The molecule has 6 nitrogen and oxygen atoms in total. The van der Waals surface area contributed by atoms with Gasteiger partial charge in [-0.05, 0) is 52.6 Å². The number of piperidine rings is 2. The van der Waals surface area contributed by atoms with E-state index in [1.165, 1.54) is 0 Å². The summed E-state index contributed by atoms with van der Waals surface area (Å²) in [7, 11) is 0. The largest absolute Gasteiger partial charge is 0.481 e. The smallest absolute Gasteiger partial charge is 0.306 e. The lowest BCUT2D eigenvalue weighted by atomic mass is 9.94. The Kier molecular flexibility index (Phi) is 12.9. The standard InChI is InChI=1S/2C7H13NO2.2ClH/c2*1-5-4-6(7(9)10)2-3-8-5;;/h2*5-6,8H,2-4H2,1H3,(H,9,10);2*1H/t2*5-,6-;;/m10../s1. The van der Waals surface area contributed by atoms with Gasteiger partial charge >= 0.3 is 11.9 Å². The average Bonchev–Trinajstić information content (AvgIpc) is 2.39. The lowest BCUT2D eigenvalue weighted by Gasteiger charge is -2.24. The average molecular weight is 359 g/mol. The Morgan fingerprint density at radius 2 is 1.14 bits per heavy atom. The molecule has 8 heteroatoms. The van der Waals surface area contributed by atoms with E-state index in [-0.39, 0.29) is 36.6 Å². The summed E-state index contributed by atoms with van der Waals surface area (Å²) in [5.41, 5.74) is 0. The second-order valence-electron chi connectivity index (χ2n) is 5.83. The van der Waals surface area contributed by atoms with Crippen LogP contribution in [-0.4, -0.2) is 47.3 Å².